The second-order valence-electron chi connectivity index (χ2n) is 3.67. The van der Waals surface area contributed by atoms with Crippen LogP contribution in [0, 0.1) is 0 Å². The number of hydrogen-bond donors (Lipinski definition) is 2. The number of aromatic amines is 1. The summed E-state index contributed by atoms with van der Waals surface area (Å²) in [4.78, 5) is 16.3. The summed E-state index contributed by atoms with van der Waals surface area (Å²) in [6.07, 6.45) is 5.40. The van der Waals surface area contributed by atoms with Gasteiger partial charge < -0.3 is 9.88 Å². The molecule has 1 unspecified atom stereocenters. The van der Waals surface area contributed by atoms with Gasteiger partial charge >= 0.3 is 0 Å². The van der Waals surface area contributed by atoms with Crippen molar-refractivity contribution in [2.75, 3.05) is 13.1 Å². The average Bonchev–Trinajstić information content (AvgIpc) is 2.72. The van der Waals surface area contributed by atoms with Crippen LogP contribution < -0.4 is 0 Å². The van der Waals surface area contributed by atoms with Crippen molar-refractivity contribution in [1.29, 1.82) is 0 Å². The Morgan fingerprint density at radius 1 is 1.64 bits per heavy atom. The van der Waals surface area contributed by atoms with Gasteiger partial charge in [0.2, 0.25) is 5.91 Å². The van der Waals surface area contributed by atoms with Crippen molar-refractivity contribution in [2.24, 2.45) is 0 Å². The van der Waals surface area contributed by atoms with Crippen LogP contribution in [0.2, 0.25) is 0 Å². The molecule has 0 aliphatic carbocycles. The number of amides is 1. The van der Waals surface area contributed by atoms with Crippen LogP contribution in [0.3, 0.4) is 0 Å². The number of likely N-dealkylation sites (tertiary alicyclic amines) is 1. The first-order valence-corrected chi connectivity index (χ1v) is 5.35. The van der Waals surface area contributed by atoms with Gasteiger partial charge in [0.1, 0.15) is 0 Å². The van der Waals surface area contributed by atoms with Crippen LogP contribution in [0.5, 0.6) is 0 Å². The topological polar surface area (TPSA) is 36.1 Å². The highest BCUT2D eigenvalue weighted by molar-refractivity contribution is 7.81. The molecule has 1 aromatic heterocycles. The van der Waals surface area contributed by atoms with E-state index in [1.165, 1.54) is 5.56 Å². The molecule has 2 heterocycles. The van der Waals surface area contributed by atoms with Crippen LogP contribution in [0.25, 0.3) is 0 Å². The molecule has 1 atom stereocenters. The molecule has 1 aliphatic heterocycles. The van der Waals surface area contributed by atoms with E-state index in [0.717, 1.165) is 19.5 Å². The first-order valence-electron chi connectivity index (χ1n) is 4.83. The van der Waals surface area contributed by atoms with E-state index in [1.54, 1.807) is 0 Å². The molecule has 0 radical (unpaired) electrons. The zero-order valence-corrected chi connectivity index (χ0v) is 8.83. The fourth-order valence-electron chi connectivity index (χ4n) is 1.75. The first-order chi connectivity index (χ1) is 6.75. The molecule has 1 N–H and O–H groups in total. The molecule has 1 fully saturated rings. The Balaban J connectivity index is 1.84. The number of carbonyl (C=O) groups is 1. The van der Waals surface area contributed by atoms with Crippen LogP contribution in [0.4, 0.5) is 0 Å². The van der Waals surface area contributed by atoms with Crippen LogP contribution in [-0.2, 0) is 11.2 Å². The lowest BCUT2D eigenvalue weighted by atomic mass is 10.2. The molecule has 0 spiro atoms. The highest BCUT2D eigenvalue weighted by Gasteiger charge is 2.26. The predicted molar refractivity (Wildman–Crippen MR) is 58.5 cm³/mol. The third-order valence-corrected chi connectivity index (χ3v) is 2.87. The largest absolute Gasteiger partial charge is 0.367 e. The fraction of sp³-hybridized carbons (Fsp3) is 0.500. The van der Waals surface area contributed by atoms with E-state index < -0.39 is 0 Å². The van der Waals surface area contributed by atoms with E-state index in [9.17, 15) is 4.79 Å². The zero-order chi connectivity index (χ0) is 9.97. The van der Waals surface area contributed by atoms with E-state index in [0.29, 0.717) is 6.42 Å². The highest BCUT2D eigenvalue weighted by Crippen LogP contribution is 2.16. The van der Waals surface area contributed by atoms with Gasteiger partial charge in [-0.15, -0.1) is 0 Å². The van der Waals surface area contributed by atoms with Gasteiger partial charge in [0.05, 0.1) is 0 Å². The van der Waals surface area contributed by atoms with E-state index in [1.807, 2.05) is 23.4 Å². The fourth-order valence-corrected chi connectivity index (χ4v) is 2.10. The lowest BCUT2D eigenvalue weighted by Crippen LogP contribution is -2.27. The van der Waals surface area contributed by atoms with Crippen molar-refractivity contribution in [3.63, 3.8) is 0 Å². The smallest absolute Gasteiger partial charge is 0.223 e. The quantitative estimate of drug-likeness (QED) is 0.720. The van der Waals surface area contributed by atoms with Gasteiger partial charge in [0.25, 0.3) is 0 Å². The first kappa shape index (κ1) is 9.65. The number of thiol groups is 1. The Morgan fingerprint density at radius 3 is 3.07 bits per heavy atom. The van der Waals surface area contributed by atoms with E-state index >= 15 is 0 Å². The maximum absolute atomic E-state index is 11.4. The number of hydrogen-bond acceptors (Lipinski definition) is 2. The Hall–Kier alpha value is -0.900. The Labute approximate surface area is 88.9 Å². The zero-order valence-electron chi connectivity index (χ0n) is 7.94. The summed E-state index contributed by atoms with van der Waals surface area (Å²) in [5, 5.41) is 0.230. The van der Waals surface area contributed by atoms with Gasteiger partial charge in [-0.05, 0) is 18.1 Å². The number of carbonyl (C=O) groups excluding carboxylic acids is 1. The van der Waals surface area contributed by atoms with Crippen molar-refractivity contribution < 1.29 is 4.79 Å². The number of nitrogens with one attached hydrogen (secondary N) is 1. The predicted octanol–water partition coefficient (Wildman–Crippen LogP) is 1.09. The van der Waals surface area contributed by atoms with Gasteiger partial charge in [-0.1, -0.05) is 0 Å². The minimum atomic E-state index is 0.230. The summed E-state index contributed by atoms with van der Waals surface area (Å²) in [5.74, 6) is 0.237. The van der Waals surface area contributed by atoms with Crippen LogP contribution in [0.15, 0.2) is 18.5 Å². The molecule has 1 saturated heterocycles. The summed E-state index contributed by atoms with van der Waals surface area (Å²) in [6, 6.07) is 2.04. The second-order valence-corrected chi connectivity index (χ2v) is 4.40. The molecule has 14 heavy (non-hydrogen) atoms. The summed E-state index contributed by atoms with van der Waals surface area (Å²) in [5.41, 5.74) is 1.25. The van der Waals surface area contributed by atoms with Gasteiger partial charge in [0, 0.05) is 37.2 Å². The van der Waals surface area contributed by atoms with E-state index in [2.05, 4.69) is 17.6 Å². The van der Waals surface area contributed by atoms with E-state index in [4.69, 9.17) is 0 Å². The van der Waals surface area contributed by atoms with Crippen LogP contribution in [-0.4, -0.2) is 34.1 Å². The molecule has 1 amide bonds. The average molecular weight is 210 g/mol. The molecule has 1 aliphatic rings. The second kappa shape index (κ2) is 4.09. The summed E-state index contributed by atoms with van der Waals surface area (Å²) in [6.45, 7) is 1.61. The highest BCUT2D eigenvalue weighted by atomic mass is 32.1. The Morgan fingerprint density at radius 2 is 2.50 bits per heavy atom. The molecule has 1 aromatic rings. The lowest BCUT2D eigenvalue weighted by Gasteiger charge is -2.14. The number of H-pyrrole nitrogens is 1. The lowest BCUT2D eigenvalue weighted by molar-refractivity contribution is -0.127. The molecular weight excluding hydrogens is 196 g/mol. The van der Waals surface area contributed by atoms with Crippen molar-refractivity contribution >= 4 is 18.5 Å². The summed E-state index contributed by atoms with van der Waals surface area (Å²) in [7, 11) is 0. The Bertz CT molecular complexity index is 310. The summed E-state index contributed by atoms with van der Waals surface area (Å²) < 4.78 is 0. The third kappa shape index (κ3) is 2.12. The molecular formula is C10H14N2OS. The van der Waals surface area contributed by atoms with Gasteiger partial charge in [-0.2, -0.15) is 12.6 Å². The summed E-state index contributed by atoms with van der Waals surface area (Å²) >= 11 is 4.31. The monoisotopic (exact) mass is 210 g/mol. The molecule has 0 aromatic carbocycles. The molecule has 0 bridgehead atoms. The van der Waals surface area contributed by atoms with Crippen LogP contribution >= 0.6 is 12.6 Å². The number of rotatable bonds is 3. The molecule has 3 nitrogen and oxygen atoms in total. The normalized spacial score (nSPS) is 21.9. The molecule has 2 rings (SSSR count). The van der Waals surface area contributed by atoms with Crippen molar-refractivity contribution in [3.8, 4) is 0 Å². The van der Waals surface area contributed by atoms with Gasteiger partial charge in [-0.3, -0.25) is 4.79 Å². The van der Waals surface area contributed by atoms with Gasteiger partial charge in [0.15, 0.2) is 0 Å². The molecule has 0 saturated carbocycles. The number of aromatic nitrogens is 1. The minimum Gasteiger partial charge on any atom is -0.367 e. The van der Waals surface area contributed by atoms with Crippen LogP contribution in [0.1, 0.15) is 12.0 Å². The van der Waals surface area contributed by atoms with Gasteiger partial charge in [-0.25, -0.2) is 0 Å². The van der Waals surface area contributed by atoms with E-state index in [-0.39, 0.29) is 11.2 Å². The SMILES string of the molecule is O=C1CC(S)CN1CCc1cc[nH]c1. The third-order valence-electron chi connectivity index (χ3n) is 2.53. The number of nitrogens with zero attached hydrogens (tertiary/aromatic N) is 1. The van der Waals surface area contributed by atoms with Crippen molar-refractivity contribution in [1.82, 2.24) is 9.88 Å². The maximum atomic E-state index is 11.4. The standard InChI is InChI=1S/C10H14N2OS/c13-10-5-9(14)7-12(10)4-2-8-1-3-11-6-8/h1,3,6,9,11,14H,2,4-5,7H2. The molecule has 76 valence electrons. The molecule has 4 heteroatoms. The van der Waals surface area contributed by atoms with Crippen molar-refractivity contribution in [2.45, 2.75) is 18.1 Å². The Kier molecular flexibility index (Phi) is 2.82. The van der Waals surface area contributed by atoms with Crippen molar-refractivity contribution in [3.05, 3.63) is 24.0 Å². The minimum absolute atomic E-state index is 0.230. The maximum Gasteiger partial charge on any atom is 0.223 e.